The van der Waals surface area contributed by atoms with Gasteiger partial charge in [0.2, 0.25) is 0 Å². The molecule has 0 aromatic heterocycles. The second-order valence-electron chi connectivity index (χ2n) is 15.4. The van der Waals surface area contributed by atoms with Crippen LogP contribution in [0.5, 0.6) is 0 Å². The number of nitrogens with zero attached hydrogens (tertiary/aromatic N) is 2. The van der Waals surface area contributed by atoms with Crippen LogP contribution in [0.3, 0.4) is 0 Å². The highest BCUT2D eigenvalue weighted by Crippen LogP contribution is 2.47. The fourth-order valence-corrected chi connectivity index (χ4v) is 8.79. The van der Waals surface area contributed by atoms with E-state index in [1.165, 1.54) is 65.3 Å². The van der Waals surface area contributed by atoms with Crippen molar-refractivity contribution >= 4 is 77.2 Å². The van der Waals surface area contributed by atoms with Gasteiger partial charge in [0.15, 0.2) is 0 Å². The molecule has 0 aliphatic rings. The highest BCUT2D eigenvalue weighted by molar-refractivity contribution is 6.16. The van der Waals surface area contributed by atoms with Crippen molar-refractivity contribution < 1.29 is 0 Å². The molecule has 0 unspecified atom stereocenters. The minimum atomic E-state index is 1.08. The molecule has 282 valence electrons. The van der Waals surface area contributed by atoms with Gasteiger partial charge in [-0.25, -0.2) is 0 Å². The molecule has 0 radical (unpaired) electrons. The summed E-state index contributed by atoms with van der Waals surface area (Å²) in [7, 11) is 0. The fourth-order valence-electron chi connectivity index (χ4n) is 8.79. The van der Waals surface area contributed by atoms with Crippen molar-refractivity contribution in [2.75, 3.05) is 9.80 Å². The van der Waals surface area contributed by atoms with Gasteiger partial charge < -0.3 is 9.80 Å². The summed E-state index contributed by atoms with van der Waals surface area (Å²) in [5.41, 5.74) is 11.3. The van der Waals surface area contributed by atoms with E-state index in [1.54, 1.807) is 0 Å². The predicted molar refractivity (Wildman–Crippen MR) is 257 cm³/mol. The van der Waals surface area contributed by atoms with Crippen molar-refractivity contribution in [3.63, 3.8) is 0 Å². The molecule has 0 bridgehead atoms. The summed E-state index contributed by atoms with van der Waals surface area (Å²) in [6.45, 7) is 0. The van der Waals surface area contributed by atoms with E-state index in [0.717, 1.165) is 34.1 Å². The molecule has 2 nitrogen and oxygen atoms in total. The molecule has 0 aliphatic carbocycles. The van der Waals surface area contributed by atoms with Crippen molar-refractivity contribution in [1.82, 2.24) is 0 Å². The lowest BCUT2D eigenvalue weighted by Gasteiger charge is -2.31. The lowest BCUT2D eigenvalue weighted by Crippen LogP contribution is -2.14. The Morgan fingerprint density at radius 3 is 1.18 bits per heavy atom. The van der Waals surface area contributed by atoms with Crippen LogP contribution in [0.15, 0.2) is 243 Å². The first-order valence-electron chi connectivity index (χ1n) is 20.6. The van der Waals surface area contributed by atoms with Gasteiger partial charge in [0.1, 0.15) is 0 Å². The molecule has 0 saturated heterocycles. The first-order valence-corrected chi connectivity index (χ1v) is 20.6. The van der Waals surface area contributed by atoms with Crippen LogP contribution in [0.1, 0.15) is 0 Å². The van der Waals surface area contributed by atoms with Crippen LogP contribution in [0.2, 0.25) is 0 Å². The van der Waals surface area contributed by atoms with Gasteiger partial charge in [-0.1, -0.05) is 170 Å². The normalized spacial score (nSPS) is 11.3. The van der Waals surface area contributed by atoms with Crippen molar-refractivity contribution in [3.05, 3.63) is 243 Å². The van der Waals surface area contributed by atoms with E-state index in [-0.39, 0.29) is 0 Å². The molecule has 0 N–H and O–H groups in total. The van der Waals surface area contributed by atoms with Gasteiger partial charge >= 0.3 is 0 Å². The molecule has 11 aromatic carbocycles. The van der Waals surface area contributed by atoms with Gasteiger partial charge in [-0.15, -0.1) is 0 Å². The summed E-state index contributed by atoms with van der Waals surface area (Å²) in [5, 5.41) is 9.79. The number of hydrogen-bond acceptors (Lipinski definition) is 2. The molecule has 0 heterocycles. The molecular weight excluding hydrogens is 725 g/mol. The molecule has 0 atom stereocenters. The Morgan fingerprint density at radius 1 is 0.217 bits per heavy atom. The average molecular weight is 765 g/mol. The van der Waals surface area contributed by atoms with Crippen LogP contribution in [-0.4, -0.2) is 0 Å². The second kappa shape index (κ2) is 15.1. The summed E-state index contributed by atoms with van der Waals surface area (Å²) < 4.78 is 0. The highest BCUT2D eigenvalue weighted by Gasteiger charge is 2.22. The number of anilines is 6. The van der Waals surface area contributed by atoms with Crippen molar-refractivity contribution in [2.45, 2.75) is 0 Å². The summed E-state index contributed by atoms with van der Waals surface area (Å²) in [6.07, 6.45) is 0. The maximum atomic E-state index is 2.43. The minimum Gasteiger partial charge on any atom is -0.310 e. The van der Waals surface area contributed by atoms with Crippen LogP contribution in [0, 0.1) is 0 Å². The van der Waals surface area contributed by atoms with E-state index in [4.69, 9.17) is 0 Å². The summed E-state index contributed by atoms with van der Waals surface area (Å²) in [6, 6.07) is 88.1. The number of rotatable bonds is 8. The van der Waals surface area contributed by atoms with Crippen LogP contribution in [0.25, 0.3) is 65.3 Å². The topological polar surface area (TPSA) is 6.48 Å². The fraction of sp³-hybridized carbons (Fsp3) is 0. The van der Waals surface area contributed by atoms with Crippen molar-refractivity contribution in [3.8, 4) is 22.3 Å². The van der Waals surface area contributed by atoms with Gasteiger partial charge in [-0.2, -0.15) is 0 Å². The van der Waals surface area contributed by atoms with Gasteiger partial charge in [0.05, 0.1) is 5.69 Å². The number of benzene rings is 11. The molecule has 11 rings (SSSR count). The van der Waals surface area contributed by atoms with Crippen LogP contribution >= 0.6 is 0 Å². The Morgan fingerprint density at radius 2 is 0.617 bits per heavy atom. The van der Waals surface area contributed by atoms with Crippen LogP contribution in [-0.2, 0) is 0 Å². The average Bonchev–Trinajstić information content (AvgIpc) is 3.32. The predicted octanol–water partition coefficient (Wildman–Crippen LogP) is 16.6. The van der Waals surface area contributed by atoms with E-state index in [9.17, 15) is 0 Å². The third kappa shape index (κ3) is 6.51. The third-order valence-electron chi connectivity index (χ3n) is 11.7. The summed E-state index contributed by atoms with van der Waals surface area (Å²) in [4.78, 5) is 4.81. The van der Waals surface area contributed by atoms with Gasteiger partial charge in [0, 0.05) is 33.8 Å². The SMILES string of the molecule is c1ccc(N(c2ccc(-c3ccc4ccccc4c3)cc2)c2cc(N(c3ccccc3)c3ccc(-c4ccc5ccccc5c4)cc3)c3c(ccc4ccccc43)c2)cc1. The van der Waals surface area contributed by atoms with E-state index >= 15 is 0 Å². The molecule has 0 spiro atoms. The summed E-state index contributed by atoms with van der Waals surface area (Å²) >= 11 is 0. The van der Waals surface area contributed by atoms with E-state index in [2.05, 4.69) is 252 Å². The molecule has 60 heavy (non-hydrogen) atoms. The molecular formula is C58H40N2. The Bertz CT molecular complexity index is 3300. The maximum absolute atomic E-state index is 2.43. The lowest BCUT2D eigenvalue weighted by atomic mass is 9.97. The van der Waals surface area contributed by atoms with Gasteiger partial charge in [-0.3, -0.25) is 0 Å². The smallest absolute Gasteiger partial charge is 0.0567 e. The zero-order valence-electron chi connectivity index (χ0n) is 33.0. The number of fused-ring (bicyclic) bond motifs is 5. The first kappa shape index (κ1) is 35.2. The Labute approximate surface area is 350 Å². The van der Waals surface area contributed by atoms with Crippen molar-refractivity contribution in [2.24, 2.45) is 0 Å². The van der Waals surface area contributed by atoms with Gasteiger partial charge in [0.25, 0.3) is 0 Å². The quantitative estimate of drug-likeness (QED) is 0.142. The van der Waals surface area contributed by atoms with Crippen molar-refractivity contribution in [1.29, 1.82) is 0 Å². The molecule has 0 amide bonds. The standard InChI is InChI=1S/C58H40N2/c1-3-18-51(19-4-1)59(53-33-29-43(30-34-53)48-26-23-41-13-7-9-16-46(41)37-48)55-39-50-28-25-45-15-11-12-22-56(45)58(50)57(40-55)60(52-20-5-2-6-21-52)54-35-31-44(32-36-54)49-27-24-42-14-8-10-17-47(42)38-49/h1-40H. The van der Waals surface area contributed by atoms with Crippen LogP contribution < -0.4 is 9.80 Å². The number of para-hydroxylation sites is 2. The third-order valence-corrected chi connectivity index (χ3v) is 11.7. The Kier molecular flexibility index (Phi) is 8.87. The molecule has 0 fully saturated rings. The number of hydrogen-bond donors (Lipinski definition) is 0. The van der Waals surface area contributed by atoms with Gasteiger partial charge in [-0.05, 0) is 133 Å². The Balaban J connectivity index is 1.09. The molecule has 0 aliphatic heterocycles. The van der Waals surface area contributed by atoms with E-state index in [1.807, 2.05) is 0 Å². The molecule has 11 aromatic rings. The minimum absolute atomic E-state index is 1.08. The monoisotopic (exact) mass is 764 g/mol. The first-order chi connectivity index (χ1) is 29.7. The maximum Gasteiger partial charge on any atom is 0.0567 e. The van der Waals surface area contributed by atoms with Crippen LogP contribution in [0.4, 0.5) is 34.1 Å². The Hall–Kier alpha value is -7.94. The lowest BCUT2D eigenvalue weighted by molar-refractivity contribution is 1.26. The molecule has 2 heteroatoms. The summed E-state index contributed by atoms with van der Waals surface area (Å²) in [5.74, 6) is 0. The molecule has 0 saturated carbocycles. The highest BCUT2D eigenvalue weighted by atomic mass is 15.2. The zero-order chi connectivity index (χ0) is 39.8. The second-order valence-corrected chi connectivity index (χ2v) is 15.4. The van der Waals surface area contributed by atoms with E-state index < -0.39 is 0 Å². The van der Waals surface area contributed by atoms with E-state index in [0.29, 0.717) is 0 Å². The largest absolute Gasteiger partial charge is 0.310 e. The zero-order valence-corrected chi connectivity index (χ0v) is 33.0.